The number of hydrogen-bond donors (Lipinski definition) is 2. The molecule has 2 rings (SSSR count). The Balaban J connectivity index is 2.32. The van der Waals surface area contributed by atoms with Crippen molar-refractivity contribution in [2.75, 3.05) is 4.72 Å². The van der Waals surface area contributed by atoms with Crippen LogP contribution >= 0.6 is 22.9 Å². The summed E-state index contributed by atoms with van der Waals surface area (Å²) in [6.07, 6.45) is 0. The van der Waals surface area contributed by atoms with Crippen LogP contribution in [0.25, 0.3) is 0 Å². The summed E-state index contributed by atoms with van der Waals surface area (Å²) < 4.78 is 27.2. The number of sulfonamides is 1. The summed E-state index contributed by atoms with van der Waals surface area (Å²) in [6.45, 7) is 3.45. The van der Waals surface area contributed by atoms with E-state index >= 15 is 0 Å². The number of nitrogens with one attached hydrogen (secondary N) is 1. The molecule has 20 heavy (non-hydrogen) atoms. The van der Waals surface area contributed by atoms with Gasteiger partial charge in [0.15, 0.2) is 0 Å². The van der Waals surface area contributed by atoms with Gasteiger partial charge < -0.3 is 5.11 Å². The largest absolute Gasteiger partial charge is 0.391 e. The van der Waals surface area contributed by atoms with Crippen molar-refractivity contribution < 1.29 is 13.5 Å². The summed E-state index contributed by atoms with van der Waals surface area (Å²) in [4.78, 5) is 0.646. The maximum absolute atomic E-state index is 12.3. The molecule has 4 nitrogen and oxygen atoms in total. The third-order valence-corrected chi connectivity index (χ3v) is 6.31. The number of anilines is 1. The maximum Gasteiger partial charge on any atom is 0.271 e. The van der Waals surface area contributed by atoms with E-state index in [0.29, 0.717) is 15.6 Å². The first kappa shape index (κ1) is 15.3. The topological polar surface area (TPSA) is 66.4 Å². The van der Waals surface area contributed by atoms with Gasteiger partial charge in [-0.1, -0.05) is 17.7 Å². The van der Waals surface area contributed by atoms with Gasteiger partial charge in [-0.25, -0.2) is 8.42 Å². The van der Waals surface area contributed by atoms with Crippen molar-refractivity contribution in [1.82, 2.24) is 0 Å². The van der Waals surface area contributed by atoms with E-state index in [2.05, 4.69) is 4.72 Å². The molecule has 0 spiro atoms. The summed E-state index contributed by atoms with van der Waals surface area (Å²) in [6, 6.07) is 6.53. The molecule has 0 radical (unpaired) electrons. The Labute approximate surface area is 127 Å². The summed E-state index contributed by atoms with van der Waals surface area (Å²) in [7, 11) is -3.66. The van der Waals surface area contributed by atoms with Gasteiger partial charge in [0.2, 0.25) is 0 Å². The Morgan fingerprint density at radius 3 is 2.50 bits per heavy atom. The van der Waals surface area contributed by atoms with Gasteiger partial charge in [-0.3, -0.25) is 4.72 Å². The molecule has 0 saturated heterocycles. The molecule has 1 aromatic heterocycles. The van der Waals surface area contributed by atoms with Crippen molar-refractivity contribution in [3.8, 4) is 0 Å². The molecule has 0 aliphatic heterocycles. The average Bonchev–Trinajstić information content (AvgIpc) is 2.76. The SMILES string of the molecule is Cc1ccc(NS(=O)(=O)c2cc(C)c(CO)s2)cc1Cl. The molecule has 0 fully saturated rings. The monoisotopic (exact) mass is 331 g/mol. The number of aliphatic hydroxyl groups is 1. The van der Waals surface area contributed by atoms with Crippen LogP contribution < -0.4 is 4.72 Å². The number of thiophene rings is 1. The summed E-state index contributed by atoms with van der Waals surface area (Å²) >= 11 is 7.03. The third kappa shape index (κ3) is 3.15. The van der Waals surface area contributed by atoms with Gasteiger partial charge >= 0.3 is 0 Å². The van der Waals surface area contributed by atoms with Gasteiger partial charge in [0.25, 0.3) is 10.0 Å². The zero-order valence-corrected chi connectivity index (χ0v) is 13.4. The summed E-state index contributed by atoms with van der Waals surface area (Å²) in [5, 5.41) is 9.64. The fourth-order valence-corrected chi connectivity index (χ4v) is 4.32. The van der Waals surface area contributed by atoms with Crippen LogP contribution in [0.2, 0.25) is 5.02 Å². The highest BCUT2D eigenvalue weighted by Gasteiger charge is 2.19. The predicted octanol–water partition coefficient (Wildman–Crippen LogP) is 3.31. The van der Waals surface area contributed by atoms with Crippen LogP contribution in [-0.2, 0) is 16.6 Å². The first-order valence-electron chi connectivity index (χ1n) is 5.82. The second kappa shape index (κ2) is 5.73. The fraction of sp³-hybridized carbons (Fsp3) is 0.231. The van der Waals surface area contributed by atoms with Gasteiger partial charge in [-0.15, -0.1) is 11.3 Å². The number of benzene rings is 1. The van der Waals surface area contributed by atoms with Gasteiger partial charge in [0.1, 0.15) is 4.21 Å². The second-order valence-electron chi connectivity index (χ2n) is 4.40. The standard InChI is InChI=1S/C13H14ClNO3S2/c1-8-3-4-10(6-11(8)14)15-20(17,18)13-5-9(2)12(7-16)19-13/h3-6,15-16H,7H2,1-2H3. The van der Waals surface area contributed by atoms with E-state index in [1.54, 1.807) is 31.2 Å². The van der Waals surface area contributed by atoms with Crippen molar-refractivity contribution >= 4 is 38.6 Å². The molecule has 1 aromatic carbocycles. The van der Waals surface area contributed by atoms with E-state index in [1.807, 2.05) is 6.92 Å². The molecular formula is C13H14ClNO3S2. The summed E-state index contributed by atoms with van der Waals surface area (Å²) in [5.41, 5.74) is 2.06. The van der Waals surface area contributed by atoms with Crippen LogP contribution in [0.5, 0.6) is 0 Å². The lowest BCUT2D eigenvalue weighted by Crippen LogP contribution is -2.11. The van der Waals surface area contributed by atoms with Crippen molar-refractivity contribution in [2.45, 2.75) is 24.7 Å². The number of aryl methyl sites for hydroxylation is 2. The number of halogens is 1. The highest BCUT2D eigenvalue weighted by molar-refractivity contribution is 7.94. The molecule has 108 valence electrons. The average molecular weight is 332 g/mol. The van der Waals surface area contributed by atoms with Crippen molar-refractivity contribution in [3.63, 3.8) is 0 Å². The number of hydrogen-bond acceptors (Lipinski definition) is 4. The molecule has 0 saturated carbocycles. The van der Waals surface area contributed by atoms with E-state index in [1.165, 1.54) is 0 Å². The molecule has 7 heteroatoms. The van der Waals surface area contributed by atoms with Crippen LogP contribution in [0.4, 0.5) is 5.69 Å². The minimum atomic E-state index is -3.66. The van der Waals surface area contributed by atoms with Crippen molar-refractivity contribution in [2.24, 2.45) is 0 Å². The molecule has 1 heterocycles. The first-order chi connectivity index (χ1) is 9.33. The lowest BCUT2D eigenvalue weighted by molar-refractivity contribution is 0.285. The van der Waals surface area contributed by atoms with E-state index in [-0.39, 0.29) is 10.8 Å². The Bertz CT molecular complexity index is 738. The molecule has 2 aromatic rings. The van der Waals surface area contributed by atoms with Gasteiger partial charge in [0.05, 0.1) is 12.3 Å². The Kier molecular flexibility index (Phi) is 4.39. The number of rotatable bonds is 4. The van der Waals surface area contributed by atoms with Gasteiger partial charge in [-0.2, -0.15) is 0 Å². The third-order valence-electron chi connectivity index (χ3n) is 2.83. The van der Waals surface area contributed by atoms with Crippen LogP contribution in [-0.4, -0.2) is 13.5 Å². The van der Waals surface area contributed by atoms with Crippen LogP contribution in [0.3, 0.4) is 0 Å². The molecular weight excluding hydrogens is 318 g/mol. The maximum atomic E-state index is 12.3. The van der Waals surface area contributed by atoms with Crippen molar-refractivity contribution in [1.29, 1.82) is 0 Å². The lowest BCUT2D eigenvalue weighted by atomic mass is 10.2. The summed E-state index contributed by atoms with van der Waals surface area (Å²) in [5.74, 6) is 0. The van der Waals surface area contributed by atoms with Crippen LogP contribution in [0.1, 0.15) is 16.0 Å². The Morgan fingerprint density at radius 1 is 1.25 bits per heavy atom. The van der Waals surface area contributed by atoms with Gasteiger partial charge in [0, 0.05) is 9.90 Å². The minimum absolute atomic E-state index is 0.164. The zero-order chi connectivity index (χ0) is 14.9. The predicted molar refractivity (Wildman–Crippen MR) is 82.0 cm³/mol. The van der Waals surface area contributed by atoms with Crippen LogP contribution in [0.15, 0.2) is 28.5 Å². The zero-order valence-electron chi connectivity index (χ0n) is 11.0. The second-order valence-corrected chi connectivity index (χ2v) is 7.85. The van der Waals surface area contributed by atoms with E-state index < -0.39 is 10.0 Å². The Hall–Kier alpha value is -1.08. The van der Waals surface area contributed by atoms with Crippen LogP contribution in [0, 0.1) is 13.8 Å². The first-order valence-corrected chi connectivity index (χ1v) is 8.50. The molecule has 0 bridgehead atoms. The highest BCUT2D eigenvalue weighted by atomic mass is 35.5. The number of aliphatic hydroxyl groups excluding tert-OH is 1. The quantitative estimate of drug-likeness (QED) is 0.903. The van der Waals surface area contributed by atoms with Gasteiger partial charge in [-0.05, 0) is 43.2 Å². The Morgan fingerprint density at radius 2 is 1.95 bits per heavy atom. The molecule has 0 atom stereocenters. The molecule has 0 unspecified atom stereocenters. The van der Waals surface area contributed by atoms with E-state index in [0.717, 1.165) is 22.5 Å². The van der Waals surface area contributed by atoms with Crippen molar-refractivity contribution in [3.05, 3.63) is 45.3 Å². The molecule has 0 aliphatic rings. The fourth-order valence-electron chi connectivity index (χ4n) is 1.64. The van der Waals surface area contributed by atoms with E-state index in [4.69, 9.17) is 16.7 Å². The smallest absolute Gasteiger partial charge is 0.271 e. The highest BCUT2D eigenvalue weighted by Crippen LogP contribution is 2.28. The molecule has 0 aliphatic carbocycles. The van der Waals surface area contributed by atoms with E-state index in [9.17, 15) is 8.42 Å². The lowest BCUT2D eigenvalue weighted by Gasteiger charge is -2.07. The normalized spacial score (nSPS) is 11.6. The molecule has 0 amide bonds. The minimum Gasteiger partial charge on any atom is -0.391 e. The molecule has 2 N–H and O–H groups in total.